The summed E-state index contributed by atoms with van der Waals surface area (Å²) < 4.78 is 30.6. The average Bonchev–Trinajstić information content (AvgIpc) is 2.37. The summed E-state index contributed by atoms with van der Waals surface area (Å²) in [6.45, 7) is 4.35. The summed E-state index contributed by atoms with van der Waals surface area (Å²) in [4.78, 5) is 34.6. The van der Waals surface area contributed by atoms with E-state index in [1.54, 1.807) is 20.8 Å². The summed E-state index contributed by atoms with van der Waals surface area (Å²) in [5.41, 5.74) is -0.988. The molecule has 0 aromatic heterocycles. The van der Waals surface area contributed by atoms with Crippen molar-refractivity contribution in [2.45, 2.75) is 26.3 Å². The molecule has 1 rings (SSSR count). The second-order valence-electron chi connectivity index (χ2n) is 5.57. The van der Waals surface area contributed by atoms with Crippen LogP contribution in [0.25, 0.3) is 0 Å². The number of nitrogens with one attached hydrogen (secondary N) is 2. The average molecular weight is 349 g/mol. The highest BCUT2D eigenvalue weighted by molar-refractivity contribution is 6.33. The molecule has 23 heavy (non-hydrogen) atoms. The van der Waals surface area contributed by atoms with Gasteiger partial charge in [0.15, 0.2) is 18.2 Å². The van der Waals surface area contributed by atoms with Crippen LogP contribution in [0.3, 0.4) is 0 Å². The molecule has 6 nitrogen and oxygen atoms in total. The van der Waals surface area contributed by atoms with Gasteiger partial charge in [0.25, 0.3) is 5.91 Å². The highest BCUT2D eigenvalue weighted by Gasteiger charge is 2.19. The van der Waals surface area contributed by atoms with Crippen LogP contribution in [0.2, 0.25) is 5.02 Å². The van der Waals surface area contributed by atoms with Crippen LogP contribution in [0.4, 0.5) is 13.6 Å². The molecular weight excluding hydrogens is 334 g/mol. The highest BCUT2D eigenvalue weighted by atomic mass is 35.5. The number of benzene rings is 1. The first-order chi connectivity index (χ1) is 10.5. The zero-order chi connectivity index (χ0) is 17.8. The molecule has 0 spiro atoms. The third kappa shape index (κ3) is 6.19. The van der Waals surface area contributed by atoms with Crippen LogP contribution in [0.1, 0.15) is 31.1 Å². The third-order valence-corrected chi connectivity index (χ3v) is 2.62. The maximum Gasteiger partial charge on any atom is 0.340 e. The molecular formula is C14H15ClF2N2O4. The van der Waals surface area contributed by atoms with Gasteiger partial charge < -0.3 is 10.1 Å². The Morgan fingerprint density at radius 1 is 1.17 bits per heavy atom. The van der Waals surface area contributed by atoms with E-state index in [-0.39, 0.29) is 5.02 Å². The minimum absolute atomic E-state index is 0.361. The first-order valence-corrected chi connectivity index (χ1v) is 6.81. The summed E-state index contributed by atoms with van der Waals surface area (Å²) in [7, 11) is 0. The van der Waals surface area contributed by atoms with Gasteiger partial charge in [-0.1, -0.05) is 11.6 Å². The molecule has 0 atom stereocenters. The first kappa shape index (κ1) is 18.8. The molecule has 0 fully saturated rings. The second-order valence-corrected chi connectivity index (χ2v) is 5.98. The zero-order valence-electron chi connectivity index (χ0n) is 12.6. The van der Waals surface area contributed by atoms with E-state index in [1.807, 2.05) is 5.32 Å². The molecule has 0 saturated carbocycles. The van der Waals surface area contributed by atoms with Crippen LogP contribution in [-0.2, 0) is 9.53 Å². The lowest BCUT2D eigenvalue weighted by molar-refractivity contribution is -0.123. The highest BCUT2D eigenvalue weighted by Crippen LogP contribution is 2.20. The van der Waals surface area contributed by atoms with E-state index in [0.717, 1.165) is 0 Å². The normalized spacial score (nSPS) is 10.9. The number of hydrogen-bond acceptors (Lipinski definition) is 4. The summed E-state index contributed by atoms with van der Waals surface area (Å²) in [5.74, 6) is -4.52. The fourth-order valence-electron chi connectivity index (χ4n) is 1.42. The maximum absolute atomic E-state index is 13.1. The number of urea groups is 1. The quantitative estimate of drug-likeness (QED) is 0.649. The number of esters is 1. The Morgan fingerprint density at radius 3 is 2.30 bits per heavy atom. The SMILES string of the molecule is CC(C)(C)NC(=O)NC(=O)COC(=O)c1cc(F)c(F)cc1Cl. The van der Waals surface area contributed by atoms with Crippen LogP contribution in [-0.4, -0.2) is 30.1 Å². The van der Waals surface area contributed by atoms with Gasteiger partial charge in [0.2, 0.25) is 0 Å². The van der Waals surface area contributed by atoms with Crippen molar-refractivity contribution in [2.75, 3.05) is 6.61 Å². The van der Waals surface area contributed by atoms with Crippen molar-refractivity contribution in [1.29, 1.82) is 0 Å². The Hall–Kier alpha value is -2.22. The molecule has 0 heterocycles. The fourth-order valence-corrected chi connectivity index (χ4v) is 1.65. The van der Waals surface area contributed by atoms with Gasteiger partial charge in [0.05, 0.1) is 10.6 Å². The van der Waals surface area contributed by atoms with Crippen molar-refractivity contribution in [2.24, 2.45) is 0 Å². The second kappa shape index (κ2) is 7.36. The van der Waals surface area contributed by atoms with Crippen LogP contribution < -0.4 is 10.6 Å². The Kier molecular flexibility index (Phi) is 6.03. The Labute approximate surface area is 136 Å². The summed E-state index contributed by atoms with van der Waals surface area (Å²) in [6.07, 6.45) is 0. The van der Waals surface area contributed by atoms with E-state index in [1.165, 1.54) is 0 Å². The van der Waals surface area contributed by atoms with Crippen molar-refractivity contribution < 1.29 is 27.9 Å². The number of amides is 3. The topological polar surface area (TPSA) is 84.5 Å². The van der Waals surface area contributed by atoms with Crippen molar-refractivity contribution >= 4 is 29.5 Å². The molecule has 0 saturated heterocycles. The van der Waals surface area contributed by atoms with E-state index in [0.29, 0.717) is 12.1 Å². The smallest absolute Gasteiger partial charge is 0.340 e. The molecule has 0 radical (unpaired) electrons. The Bertz CT molecular complexity index is 644. The fraction of sp³-hybridized carbons (Fsp3) is 0.357. The van der Waals surface area contributed by atoms with Crippen molar-refractivity contribution in [3.8, 4) is 0 Å². The lowest BCUT2D eigenvalue weighted by Gasteiger charge is -2.20. The van der Waals surface area contributed by atoms with E-state index >= 15 is 0 Å². The number of carbonyl (C=O) groups is 3. The number of hydrogen-bond donors (Lipinski definition) is 2. The van der Waals surface area contributed by atoms with Crippen molar-refractivity contribution in [3.05, 3.63) is 34.4 Å². The van der Waals surface area contributed by atoms with Crippen LogP contribution in [0.15, 0.2) is 12.1 Å². The lowest BCUT2D eigenvalue weighted by Crippen LogP contribution is -2.49. The summed E-state index contributed by atoms with van der Waals surface area (Å²) in [5, 5.41) is 4.05. The molecule has 0 bridgehead atoms. The Balaban J connectivity index is 2.58. The lowest BCUT2D eigenvalue weighted by atomic mass is 10.1. The standard InChI is InChI=1S/C14H15ClF2N2O4/c1-14(2,3)19-13(22)18-11(20)6-23-12(21)7-4-9(16)10(17)5-8(7)15/h4-5H,6H2,1-3H3,(H2,18,19,20,22). The van der Waals surface area contributed by atoms with Crippen LogP contribution >= 0.6 is 11.6 Å². The van der Waals surface area contributed by atoms with Crippen molar-refractivity contribution in [3.63, 3.8) is 0 Å². The molecule has 0 unspecified atom stereocenters. The predicted octanol–water partition coefficient (Wildman–Crippen LogP) is 2.40. The minimum atomic E-state index is -1.28. The van der Waals surface area contributed by atoms with Gasteiger partial charge in [-0.15, -0.1) is 0 Å². The number of halogens is 3. The third-order valence-electron chi connectivity index (χ3n) is 2.31. The number of ether oxygens (including phenoxy) is 1. The van der Waals surface area contributed by atoms with Crippen LogP contribution in [0.5, 0.6) is 0 Å². The molecule has 1 aromatic carbocycles. The first-order valence-electron chi connectivity index (χ1n) is 6.43. The van der Waals surface area contributed by atoms with E-state index < -0.39 is 47.3 Å². The van der Waals surface area contributed by atoms with Gasteiger partial charge in [-0.3, -0.25) is 10.1 Å². The molecule has 1 aromatic rings. The molecule has 0 aliphatic carbocycles. The number of rotatable bonds is 3. The molecule has 126 valence electrons. The number of carbonyl (C=O) groups excluding carboxylic acids is 3. The van der Waals surface area contributed by atoms with Crippen molar-refractivity contribution in [1.82, 2.24) is 10.6 Å². The van der Waals surface area contributed by atoms with Gasteiger partial charge >= 0.3 is 12.0 Å². The number of imide groups is 1. The predicted molar refractivity (Wildman–Crippen MR) is 78.1 cm³/mol. The van der Waals surface area contributed by atoms with E-state index in [2.05, 4.69) is 10.1 Å². The summed E-state index contributed by atoms with van der Waals surface area (Å²) in [6, 6.07) is 0.415. The summed E-state index contributed by atoms with van der Waals surface area (Å²) >= 11 is 5.60. The molecule has 0 aliphatic heterocycles. The van der Waals surface area contributed by atoms with E-state index in [9.17, 15) is 23.2 Å². The van der Waals surface area contributed by atoms with Gasteiger partial charge in [-0.05, 0) is 32.9 Å². The minimum Gasteiger partial charge on any atom is -0.452 e. The zero-order valence-corrected chi connectivity index (χ0v) is 13.4. The van der Waals surface area contributed by atoms with Gasteiger partial charge in [-0.2, -0.15) is 0 Å². The molecule has 9 heteroatoms. The van der Waals surface area contributed by atoms with Gasteiger partial charge in [0.1, 0.15) is 0 Å². The molecule has 2 N–H and O–H groups in total. The maximum atomic E-state index is 13.1. The van der Waals surface area contributed by atoms with Gasteiger partial charge in [-0.25, -0.2) is 18.4 Å². The monoisotopic (exact) mass is 348 g/mol. The Morgan fingerprint density at radius 2 is 1.74 bits per heavy atom. The van der Waals surface area contributed by atoms with Crippen LogP contribution in [0, 0.1) is 11.6 Å². The van der Waals surface area contributed by atoms with Gasteiger partial charge in [0, 0.05) is 5.54 Å². The van der Waals surface area contributed by atoms with E-state index in [4.69, 9.17) is 11.6 Å². The molecule has 3 amide bonds. The molecule has 0 aliphatic rings. The largest absolute Gasteiger partial charge is 0.452 e.